The van der Waals surface area contributed by atoms with Crippen LogP contribution in [-0.4, -0.2) is 27.9 Å². The molecule has 0 fully saturated rings. The van der Waals surface area contributed by atoms with Crippen molar-refractivity contribution in [1.82, 2.24) is 4.90 Å². The molecular weight excluding hydrogens is 433 g/mol. The van der Waals surface area contributed by atoms with Gasteiger partial charge in [0, 0.05) is 22.3 Å². The summed E-state index contributed by atoms with van der Waals surface area (Å²) in [5, 5.41) is 0. The zero-order valence-electron chi connectivity index (χ0n) is 11.5. The van der Waals surface area contributed by atoms with E-state index in [1.165, 1.54) is 0 Å². The molecular formula is C15H17BrINO2. The average Bonchev–Trinajstić information content (AvgIpc) is 2.43. The van der Waals surface area contributed by atoms with Gasteiger partial charge in [0.25, 0.3) is 0 Å². The number of alkyl halides is 1. The van der Waals surface area contributed by atoms with Gasteiger partial charge in [-0.05, 0) is 54.4 Å². The van der Waals surface area contributed by atoms with Crippen molar-refractivity contribution in [3.05, 3.63) is 34.3 Å². The molecule has 0 aromatic heterocycles. The molecule has 0 saturated heterocycles. The fraction of sp³-hybridized carbons (Fsp3) is 0.400. The number of rotatable bonds is 4. The van der Waals surface area contributed by atoms with Crippen molar-refractivity contribution < 1.29 is 9.53 Å². The van der Waals surface area contributed by atoms with Gasteiger partial charge in [0.05, 0.1) is 10.5 Å². The number of nitrogens with zero attached hydrogens (tertiary/aromatic N) is 1. The van der Waals surface area contributed by atoms with Gasteiger partial charge in [-0.3, -0.25) is 4.79 Å². The van der Waals surface area contributed by atoms with Gasteiger partial charge in [-0.25, -0.2) is 0 Å². The number of ether oxygens (including phenoxy) is 1. The van der Waals surface area contributed by atoms with E-state index in [4.69, 9.17) is 4.74 Å². The quantitative estimate of drug-likeness (QED) is 0.508. The Balaban J connectivity index is 2.37. The summed E-state index contributed by atoms with van der Waals surface area (Å²) in [6, 6.07) is 5.90. The molecule has 1 aliphatic heterocycles. The molecule has 1 aromatic rings. The Morgan fingerprint density at radius 1 is 1.45 bits per heavy atom. The molecule has 108 valence electrons. The highest BCUT2D eigenvalue weighted by Gasteiger charge is 2.28. The van der Waals surface area contributed by atoms with E-state index < -0.39 is 0 Å². The highest BCUT2D eigenvalue weighted by Crippen LogP contribution is 2.34. The Kier molecular flexibility index (Phi) is 5.49. The lowest BCUT2D eigenvalue weighted by molar-refractivity contribution is -0.127. The summed E-state index contributed by atoms with van der Waals surface area (Å²) >= 11 is 5.79. The Morgan fingerprint density at radius 3 is 2.80 bits per heavy atom. The van der Waals surface area contributed by atoms with Crippen LogP contribution in [0.5, 0.6) is 5.75 Å². The summed E-state index contributed by atoms with van der Waals surface area (Å²) in [5.41, 5.74) is 2.02. The van der Waals surface area contributed by atoms with Crippen molar-refractivity contribution in [1.29, 1.82) is 0 Å². The van der Waals surface area contributed by atoms with Crippen LogP contribution in [0.15, 0.2) is 28.7 Å². The molecule has 1 atom stereocenters. The van der Waals surface area contributed by atoms with Gasteiger partial charge in [0.1, 0.15) is 5.75 Å². The minimum absolute atomic E-state index is 0.0396. The van der Waals surface area contributed by atoms with E-state index in [0.29, 0.717) is 13.2 Å². The largest absolute Gasteiger partial charge is 0.494 e. The lowest BCUT2D eigenvalue weighted by Gasteiger charge is -2.31. The van der Waals surface area contributed by atoms with E-state index in [-0.39, 0.29) is 9.83 Å². The molecule has 0 bridgehead atoms. The van der Waals surface area contributed by atoms with Crippen molar-refractivity contribution in [2.24, 2.45) is 0 Å². The minimum atomic E-state index is 0.0396. The normalized spacial score (nSPS) is 19.0. The topological polar surface area (TPSA) is 29.5 Å². The van der Waals surface area contributed by atoms with Crippen molar-refractivity contribution >= 4 is 50.1 Å². The van der Waals surface area contributed by atoms with E-state index in [1.54, 1.807) is 0 Å². The lowest BCUT2D eigenvalue weighted by atomic mass is 10.0. The van der Waals surface area contributed by atoms with Crippen LogP contribution in [0, 0.1) is 0 Å². The number of allylic oxidation sites excluding steroid dienone is 1. The summed E-state index contributed by atoms with van der Waals surface area (Å²) in [5.74, 6) is 1.02. The van der Waals surface area contributed by atoms with E-state index in [1.807, 2.05) is 36.9 Å². The van der Waals surface area contributed by atoms with Crippen LogP contribution in [0.1, 0.15) is 25.8 Å². The highest BCUT2D eigenvalue weighted by atomic mass is 127. The number of carbonyl (C=O) groups is 1. The molecule has 20 heavy (non-hydrogen) atoms. The molecule has 0 saturated carbocycles. The maximum Gasteiger partial charge on any atom is 0.240 e. The van der Waals surface area contributed by atoms with Gasteiger partial charge in [-0.15, -0.1) is 0 Å². The molecule has 3 nitrogen and oxygen atoms in total. The predicted octanol–water partition coefficient (Wildman–Crippen LogP) is 4.24. The molecule has 0 N–H and O–H groups in total. The van der Waals surface area contributed by atoms with Crippen LogP contribution in [-0.2, 0) is 4.79 Å². The Labute approximate surface area is 141 Å². The van der Waals surface area contributed by atoms with Gasteiger partial charge in [0.15, 0.2) is 0 Å². The molecule has 5 heteroatoms. The Hall–Kier alpha value is -0.560. The van der Waals surface area contributed by atoms with Crippen molar-refractivity contribution in [3.8, 4) is 5.75 Å². The lowest BCUT2D eigenvalue weighted by Crippen LogP contribution is -2.38. The van der Waals surface area contributed by atoms with E-state index in [0.717, 1.165) is 27.9 Å². The maximum absolute atomic E-state index is 12.3. The zero-order valence-corrected chi connectivity index (χ0v) is 15.3. The molecule has 2 rings (SSSR count). The molecule has 0 aliphatic carbocycles. The van der Waals surface area contributed by atoms with Crippen LogP contribution in [0.3, 0.4) is 0 Å². The van der Waals surface area contributed by atoms with Gasteiger partial charge in [-0.1, -0.05) is 28.7 Å². The summed E-state index contributed by atoms with van der Waals surface area (Å²) in [7, 11) is 0. The molecule has 0 radical (unpaired) electrons. The van der Waals surface area contributed by atoms with E-state index >= 15 is 0 Å². The number of amides is 1. The molecule has 1 aliphatic rings. The minimum Gasteiger partial charge on any atom is -0.494 e. The molecule has 1 amide bonds. The number of benzene rings is 1. The molecule has 1 unspecified atom stereocenters. The number of hydrogen-bond donors (Lipinski definition) is 0. The third kappa shape index (κ3) is 3.19. The first-order valence-corrected chi connectivity index (χ1v) is 8.70. The fourth-order valence-electron chi connectivity index (χ4n) is 2.26. The summed E-state index contributed by atoms with van der Waals surface area (Å²) in [4.78, 5) is 14.1. The first-order valence-electron chi connectivity index (χ1n) is 6.66. The van der Waals surface area contributed by atoms with Crippen LogP contribution in [0.4, 0.5) is 0 Å². The van der Waals surface area contributed by atoms with Crippen LogP contribution >= 0.6 is 38.5 Å². The Bertz CT molecular complexity index is 545. The fourth-order valence-corrected chi connectivity index (χ4v) is 3.41. The van der Waals surface area contributed by atoms with Crippen LogP contribution in [0.2, 0.25) is 0 Å². The third-order valence-corrected chi connectivity index (χ3v) is 4.88. The second-order valence-corrected chi connectivity index (χ2v) is 6.81. The van der Waals surface area contributed by atoms with Crippen LogP contribution in [0.25, 0.3) is 5.70 Å². The summed E-state index contributed by atoms with van der Waals surface area (Å²) < 4.78 is 6.48. The summed E-state index contributed by atoms with van der Waals surface area (Å²) in [6.45, 7) is 5.29. The van der Waals surface area contributed by atoms with E-state index in [2.05, 4.69) is 44.6 Å². The molecule has 1 heterocycles. The number of halogens is 2. The first-order chi connectivity index (χ1) is 9.58. The van der Waals surface area contributed by atoms with Gasteiger partial charge < -0.3 is 9.64 Å². The van der Waals surface area contributed by atoms with Crippen LogP contribution < -0.4 is 4.74 Å². The smallest absolute Gasteiger partial charge is 0.240 e. The monoisotopic (exact) mass is 449 g/mol. The maximum atomic E-state index is 12.3. The zero-order chi connectivity index (χ0) is 14.7. The molecule has 0 spiro atoms. The third-order valence-electron chi connectivity index (χ3n) is 3.19. The first kappa shape index (κ1) is 15.8. The second-order valence-electron chi connectivity index (χ2n) is 4.45. The summed E-state index contributed by atoms with van der Waals surface area (Å²) in [6.07, 6.45) is 2.92. The van der Waals surface area contributed by atoms with Crippen molar-refractivity contribution in [2.75, 3.05) is 13.2 Å². The average molecular weight is 450 g/mol. The number of carbonyl (C=O) groups excluding carboxylic acids is 1. The molecule has 1 aromatic carbocycles. The van der Waals surface area contributed by atoms with Gasteiger partial charge in [-0.2, -0.15) is 0 Å². The van der Waals surface area contributed by atoms with Crippen molar-refractivity contribution in [3.63, 3.8) is 0 Å². The highest BCUT2D eigenvalue weighted by molar-refractivity contribution is 14.1. The predicted molar refractivity (Wildman–Crippen MR) is 93.1 cm³/mol. The number of hydrogen-bond acceptors (Lipinski definition) is 2. The van der Waals surface area contributed by atoms with Gasteiger partial charge in [0.2, 0.25) is 5.91 Å². The second kappa shape index (κ2) is 6.93. The van der Waals surface area contributed by atoms with Gasteiger partial charge >= 0.3 is 0 Å². The van der Waals surface area contributed by atoms with Crippen molar-refractivity contribution in [2.45, 2.75) is 24.2 Å². The van der Waals surface area contributed by atoms with E-state index in [9.17, 15) is 4.79 Å². The SMILES string of the molecule is CCOc1ccc(C2=CCC(I)C(=O)N2CC)c(Br)c1. The Morgan fingerprint density at radius 2 is 2.20 bits per heavy atom. The standard InChI is InChI=1S/C15H17BrINO2/c1-3-18-14(8-7-13(17)15(18)19)11-6-5-10(20-4-2)9-12(11)16/h5-6,8-9,13H,3-4,7H2,1-2H3.